The molecule has 1 aromatic heterocycles. The summed E-state index contributed by atoms with van der Waals surface area (Å²) in [4.78, 5) is 9.34. The Morgan fingerprint density at radius 3 is 3.21 bits per heavy atom. The van der Waals surface area contributed by atoms with Crippen molar-refractivity contribution in [2.75, 3.05) is 0 Å². The highest BCUT2D eigenvalue weighted by molar-refractivity contribution is 7.98. The van der Waals surface area contributed by atoms with Crippen molar-refractivity contribution in [3.63, 3.8) is 0 Å². The van der Waals surface area contributed by atoms with Crippen LogP contribution in [0.3, 0.4) is 0 Å². The van der Waals surface area contributed by atoms with Crippen LogP contribution in [0.4, 0.5) is 5.69 Å². The van der Waals surface area contributed by atoms with Gasteiger partial charge in [-0.2, -0.15) is 4.99 Å². The van der Waals surface area contributed by atoms with Crippen molar-refractivity contribution in [1.29, 1.82) is 0 Å². The summed E-state index contributed by atoms with van der Waals surface area (Å²) in [6.45, 7) is 0. The third-order valence-corrected chi connectivity index (χ3v) is 2.64. The quantitative estimate of drug-likeness (QED) is 0.559. The normalized spacial score (nSPS) is 18.1. The predicted molar refractivity (Wildman–Crippen MR) is 54.3 cm³/mol. The third-order valence-electron chi connectivity index (χ3n) is 1.83. The van der Waals surface area contributed by atoms with Gasteiger partial charge in [0.25, 0.3) is 0 Å². The molecular formula is C9H7N3OS. The number of ether oxygens (including phenoxy) is 1. The maximum Gasteiger partial charge on any atom is 0.301 e. The minimum absolute atomic E-state index is 0.130. The number of hydrogen-bond donors (Lipinski definition) is 1. The number of nitrogens with one attached hydrogen (secondary N) is 1. The maximum atomic E-state index is 5.45. The van der Waals surface area contributed by atoms with Crippen molar-refractivity contribution >= 4 is 23.7 Å². The molecule has 70 valence electrons. The molecule has 0 aromatic carbocycles. The molecule has 2 heterocycles. The van der Waals surface area contributed by atoms with Gasteiger partial charge in [-0.15, -0.1) is 0 Å². The van der Waals surface area contributed by atoms with Gasteiger partial charge in [0.15, 0.2) is 0 Å². The molecule has 2 aliphatic rings. The van der Waals surface area contributed by atoms with E-state index in [1.54, 1.807) is 12.4 Å². The van der Waals surface area contributed by atoms with Gasteiger partial charge < -0.3 is 4.74 Å². The fraction of sp³-hybridized carbons (Fsp3) is 0.111. The lowest BCUT2D eigenvalue weighted by Gasteiger charge is -2.15. The first kappa shape index (κ1) is 7.87. The van der Waals surface area contributed by atoms with E-state index in [4.69, 9.17) is 4.74 Å². The van der Waals surface area contributed by atoms with Gasteiger partial charge >= 0.3 is 6.02 Å². The number of pyridine rings is 1. The summed E-state index contributed by atoms with van der Waals surface area (Å²) >= 11 is 1.47. The van der Waals surface area contributed by atoms with Gasteiger partial charge in [-0.1, -0.05) is 0 Å². The lowest BCUT2D eigenvalue weighted by molar-refractivity contribution is 0.304. The van der Waals surface area contributed by atoms with Gasteiger partial charge in [0, 0.05) is 12.4 Å². The van der Waals surface area contributed by atoms with Gasteiger partial charge in [-0.3, -0.25) is 9.71 Å². The number of aliphatic imine (C=N–C) groups is 1. The highest BCUT2D eigenvalue weighted by Crippen LogP contribution is 2.30. The topological polar surface area (TPSA) is 46.5 Å². The Kier molecular flexibility index (Phi) is 1.70. The highest BCUT2D eigenvalue weighted by Gasteiger charge is 2.18. The Morgan fingerprint density at radius 1 is 1.43 bits per heavy atom. The standard InChI is InChI=1S/C9H7N3OS/c1-2-6(1)13-9-11-7-3-4-10-5-8(7)14-12-9/h1-6H,(H,11,12). The van der Waals surface area contributed by atoms with E-state index in [1.807, 2.05) is 18.2 Å². The number of rotatable bonds is 1. The number of aromatic nitrogens is 1. The Hall–Kier alpha value is -1.49. The van der Waals surface area contributed by atoms with Crippen LogP contribution >= 0.6 is 11.9 Å². The second-order valence-electron chi connectivity index (χ2n) is 2.93. The lowest BCUT2D eigenvalue weighted by atomic mass is 10.4. The fourth-order valence-electron chi connectivity index (χ4n) is 1.08. The Labute approximate surface area is 85.2 Å². The molecular weight excluding hydrogens is 198 g/mol. The van der Waals surface area contributed by atoms with E-state index in [2.05, 4.69) is 14.7 Å². The van der Waals surface area contributed by atoms with Crippen molar-refractivity contribution < 1.29 is 4.74 Å². The lowest BCUT2D eigenvalue weighted by Crippen LogP contribution is -2.23. The van der Waals surface area contributed by atoms with Crippen molar-refractivity contribution in [2.24, 2.45) is 4.99 Å². The molecule has 1 aliphatic heterocycles. The van der Waals surface area contributed by atoms with Crippen molar-refractivity contribution in [1.82, 2.24) is 9.71 Å². The summed E-state index contributed by atoms with van der Waals surface area (Å²) in [5.74, 6) is 0. The van der Waals surface area contributed by atoms with E-state index in [0.29, 0.717) is 6.02 Å². The first-order valence-corrected chi connectivity index (χ1v) is 5.04. The zero-order valence-corrected chi connectivity index (χ0v) is 7.99. The van der Waals surface area contributed by atoms with Crippen LogP contribution in [0.1, 0.15) is 0 Å². The van der Waals surface area contributed by atoms with E-state index in [9.17, 15) is 0 Å². The summed E-state index contributed by atoms with van der Waals surface area (Å²) in [7, 11) is 0. The molecule has 0 saturated carbocycles. The van der Waals surface area contributed by atoms with E-state index >= 15 is 0 Å². The second-order valence-corrected chi connectivity index (χ2v) is 3.78. The van der Waals surface area contributed by atoms with E-state index in [1.165, 1.54) is 11.9 Å². The van der Waals surface area contributed by atoms with Gasteiger partial charge in [0.05, 0.1) is 10.6 Å². The van der Waals surface area contributed by atoms with E-state index in [0.717, 1.165) is 10.6 Å². The average Bonchev–Trinajstić information content (AvgIpc) is 3.02. The highest BCUT2D eigenvalue weighted by atomic mass is 32.2. The zero-order valence-electron chi connectivity index (χ0n) is 7.18. The molecule has 5 heteroatoms. The Morgan fingerprint density at radius 2 is 2.36 bits per heavy atom. The summed E-state index contributed by atoms with van der Waals surface area (Å²) in [5, 5.41) is 0. The van der Waals surface area contributed by atoms with Crippen LogP contribution in [0, 0.1) is 0 Å². The summed E-state index contributed by atoms with van der Waals surface area (Å²) in [6, 6.07) is 2.43. The molecule has 3 rings (SSSR count). The first-order valence-electron chi connectivity index (χ1n) is 4.22. The predicted octanol–water partition coefficient (Wildman–Crippen LogP) is 1.63. The van der Waals surface area contributed by atoms with Crippen LogP contribution in [0.15, 0.2) is 40.5 Å². The molecule has 14 heavy (non-hydrogen) atoms. The minimum Gasteiger partial charge on any atom is -0.453 e. The summed E-state index contributed by atoms with van der Waals surface area (Å²) in [6.07, 6.45) is 7.57. The smallest absolute Gasteiger partial charge is 0.301 e. The number of nitrogens with zero attached hydrogens (tertiary/aromatic N) is 2. The van der Waals surface area contributed by atoms with Crippen LogP contribution in [0.2, 0.25) is 0 Å². The molecule has 0 saturated heterocycles. The Balaban J connectivity index is 1.86. The molecule has 0 unspecified atom stereocenters. The summed E-state index contributed by atoms with van der Waals surface area (Å²) < 4.78 is 8.46. The number of amidine groups is 1. The molecule has 4 nitrogen and oxygen atoms in total. The average molecular weight is 205 g/mol. The molecule has 1 aromatic rings. The fourth-order valence-corrected chi connectivity index (χ4v) is 1.70. The van der Waals surface area contributed by atoms with E-state index < -0.39 is 0 Å². The van der Waals surface area contributed by atoms with Gasteiger partial charge in [0.2, 0.25) is 0 Å². The molecule has 1 N–H and O–H groups in total. The van der Waals surface area contributed by atoms with Gasteiger partial charge in [-0.05, 0) is 30.2 Å². The van der Waals surface area contributed by atoms with Gasteiger partial charge in [0.1, 0.15) is 6.10 Å². The van der Waals surface area contributed by atoms with E-state index in [-0.39, 0.29) is 6.10 Å². The molecule has 0 spiro atoms. The van der Waals surface area contributed by atoms with Crippen LogP contribution in [-0.4, -0.2) is 17.1 Å². The third kappa shape index (κ3) is 1.46. The number of hydrogen-bond acceptors (Lipinski definition) is 5. The number of fused-ring (bicyclic) bond motifs is 1. The second kappa shape index (κ2) is 3.02. The molecule has 0 bridgehead atoms. The molecule has 0 amide bonds. The largest absolute Gasteiger partial charge is 0.453 e. The van der Waals surface area contributed by atoms with Crippen molar-refractivity contribution in [2.45, 2.75) is 11.0 Å². The first-order chi connectivity index (χ1) is 6.92. The SMILES string of the molecule is C1=CC1OC1=Nc2ccncc2SN1. The van der Waals surface area contributed by atoms with Crippen LogP contribution in [-0.2, 0) is 4.74 Å². The molecule has 1 aliphatic carbocycles. The summed E-state index contributed by atoms with van der Waals surface area (Å²) in [5.41, 5.74) is 0.902. The van der Waals surface area contributed by atoms with Crippen molar-refractivity contribution in [3.8, 4) is 0 Å². The molecule has 0 fully saturated rings. The zero-order chi connectivity index (χ0) is 9.38. The van der Waals surface area contributed by atoms with Crippen LogP contribution < -0.4 is 4.72 Å². The van der Waals surface area contributed by atoms with Gasteiger partial charge in [-0.25, -0.2) is 0 Å². The monoisotopic (exact) mass is 205 g/mol. The maximum absolute atomic E-state index is 5.45. The minimum atomic E-state index is 0.130. The Bertz CT molecular complexity index is 424. The van der Waals surface area contributed by atoms with Crippen LogP contribution in [0.25, 0.3) is 0 Å². The van der Waals surface area contributed by atoms with Crippen molar-refractivity contribution in [3.05, 3.63) is 30.6 Å². The van der Waals surface area contributed by atoms with Crippen LogP contribution in [0.5, 0.6) is 0 Å². The molecule has 0 radical (unpaired) electrons. The molecule has 0 atom stereocenters.